The Morgan fingerprint density at radius 1 is 1.22 bits per heavy atom. The maximum atomic E-state index is 13.5. The lowest BCUT2D eigenvalue weighted by Crippen LogP contribution is -2.41. The van der Waals surface area contributed by atoms with Gasteiger partial charge in [0, 0.05) is 6.07 Å². The van der Waals surface area contributed by atoms with E-state index in [1.807, 2.05) is 6.92 Å². The average molecular weight is 323 g/mol. The zero-order chi connectivity index (χ0) is 17.4. The lowest BCUT2D eigenvalue weighted by molar-refractivity contribution is 0.0170. The van der Waals surface area contributed by atoms with Gasteiger partial charge in [0.1, 0.15) is 17.2 Å². The second-order valence-electron chi connectivity index (χ2n) is 7.05. The fourth-order valence-electron chi connectivity index (χ4n) is 2.96. The van der Waals surface area contributed by atoms with Gasteiger partial charge in [0.2, 0.25) is 0 Å². The molecule has 5 heteroatoms. The number of nitrogens with zero attached hydrogens (tertiary/aromatic N) is 1. The van der Waals surface area contributed by atoms with E-state index < -0.39 is 29.4 Å². The molecule has 1 aromatic rings. The number of ether oxygens (including phenoxy) is 1. The van der Waals surface area contributed by atoms with Crippen LogP contribution in [0.2, 0.25) is 0 Å². The number of likely N-dealkylation sites (tertiary alicyclic amines) is 1. The van der Waals surface area contributed by atoms with Crippen LogP contribution in [0.25, 0.3) is 0 Å². The van der Waals surface area contributed by atoms with Crippen LogP contribution in [-0.4, -0.2) is 22.6 Å². The van der Waals surface area contributed by atoms with Gasteiger partial charge in [-0.3, -0.25) is 4.90 Å². The molecule has 2 rings (SSSR count). The van der Waals surface area contributed by atoms with Crippen molar-refractivity contribution < 1.29 is 18.3 Å². The Balaban J connectivity index is 2.37. The quantitative estimate of drug-likeness (QED) is 0.718. The van der Waals surface area contributed by atoms with Crippen molar-refractivity contribution in [2.24, 2.45) is 0 Å². The van der Waals surface area contributed by atoms with Crippen molar-refractivity contribution in [2.45, 2.75) is 58.2 Å². The smallest absolute Gasteiger partial charge is 0.411 e. The molecule has 0 spiro atoms. The number of carbonyl (C=O) groups is 1. The van der Waals surface area contributed by atoms with Gasteiger partial charge in [0.25, 0.3) is 0 Å². The lowest BCUT2D eigenvalue weighted by Gasteiger charge is -2.33. The van der Waals surface area contributed by atoms with Gasteiger partial charge in [-0.1, -0.05) is 12.2 Å². The first-order valence-corrected chi connectivity index (χ1v) is 7.71. The molecule has 0 unspecified atom stereocenters. The molecule has 1 heterocycles. The highest BCUT2D eigenvalue weighted by Crippen LogP contribution is 2.39. The minimum atomic E-state index is -0.650. The largest absolute Gasteiger partial charge is 0.444 e. The van der Waals surface area contributed by atoms with Crippen molar-refractivity contribution in [3.05, 3.63) is 47.5 Å². The van der Waals surface area contributed by atoms with Crippen LogP contribution >= 0.6 is 0 Å². The van der Waals surface area contributed by atoms with Crippen molar-refractivity contribution in [1.29, 1.82) is 0 Å². The van der Waals surface area contributed by atoms with Crippen LogP contribution in [0, 0.1) is 11.6 Å². The fourth-order valence-corrected chi connectivity index (χ4v) is 2.96. The first-order chi connectivity index (χ1) is 10.6. The Morgan fingerprint density at radius 3 is 2.26 bits per heavy atom. The third-order valence-electron chi connectivity index (χ3n) is 3.83. The molecule has 0 N–H and O–H groups in total. The second-order valence-corrected chi connectivity index (χ2v) is 7.05. The summed E-state index contributed by atoms with van der Waals surface area (Å²) in [5.41, 5.74) is 0.629. The maximum absolute atomic E-state index is 13.5. The first-order valence-electron chi connectivity index (χ1n) is 7.71. The van der Waals surface area contributed by atoms with E-state index in [1.165, 1.54) is 12.1 Å². The fraction of sp³-hybridized carbons (Fsp3) is 0.500. The van der Waals surface area contributed by atoms with Gasteiger partial charge in [0.05, 0.1) is 12.1 Å². The molecule has 1 saturated heterocycles. The summed E-state index contributed by atoms with van der Waals surface area (Å²) in [6.07, 6.45) is 0.814. The summed E-state index contributed by atoms with van der Waals surface area (Å²) in [7, 11) is 0. The Bertz CT molecular complexity index is 602. The highest BCUT2D eigenvalue weighted by Gasteiger charge is 2.40. The van der Waals surface area contributed by atoms with E-state index >= 15 is 0 Å². The monoisotopic (exact) mass is 323 g/mol. The summed E-state index contributed by atoms with van der Waals surface area (Å²) in [5.74, 6) is -1.30. The van der Waals surface area contributed by atoms with Crippen molar-refractivity contribution in [1.82, 2.24) is 4.90 Å². The van der Waals surface area contributed by atoms with Crippen molar-refractivity contribution in [3.8, 4) is 0 Å². The molecule has 23 heavy (non-hydrogen) atoms. The van der Waals surface area contributed by atoms with E-state index in [2.05, 4.69) is 6.58 Å². The number of hydrogen-bond donors (Lipinski definition) is 0. The summed E-state index contributed by atoms with van der Waals surface area (Å²) >= 11 is 0. The summed E-state index contributed by atoms with van der Waals surface area (Å²) in [4.78, 5) is 14.2. The first kappa shape index (κ1) is 17.4. The standard InChI is InChI=1S/C18H23F2NO2/c1-11(2)15-6-7-16(12-8-13(19)10-14(20)9-12)21(15)17(22)23-18(3,4)5/h8-10,15-16H,1,6-7H2,2-5H3/t15-,16+/m1/s1. The van der Waals surface area contributed by atoms with Gasteiger partial charge in [-0.2, -0.15) is 0 Å². The Morgan fingerprint density at radius 2 is 1.78 bits per heavy atom. The molecule has 1 amide bonds. The zero-order valence-corrected chi connectivity index (χ0v) is 14.0. The molecular weight excluding hydrogens is 300 g/mol. The van der Waals surface area contributed by atoms with E-state index in [9.17, 15) is 13.6 Å². The highest BCUT2D eigenvalue weighted by molar-refractivity contribution is 5.70. The highest BCUT2D eigenvalue weighted by atomic mass is 19.1. The van der Waals surface area contributed by atoms with Crippen LogP contribution in [0.5, 0.6) is 0 Å². The molecule has 3 nitrogen and oxygen atoms in total. The number of benzene rings is 1. The molecule has 0 aliphatic carbocycles. The Labute approximate surface area is 135 Å². The van der Waals surface area contributed by atoms with Crippen LogP contribution in [0.15, 0.2) is 30.4 Å². The molecule has 0 radical (unpaired) electrons. The van der Waals surface area contributed by atoms with Crippen LogP contribution in [-0.2, 0) is 4.74 Å². The van der Waals surface area contributed by atoms with Crippen LogP contribution in [0.1, 0.15) is 52.1 Å². The van der Waals surface area contributed by atoms with Gasteiger partial charge in [-0.25, -0.2) is 13.6 Å². The third-order valence-corrected chi connectivity index (χ3v) is 3.83. The second kappa shape index (κ2) is 6.30. The maximum Gasteiger partial charge on any atom is 0.411 e. The summed E-state index contributed by atoms with van der Waals surface area (Å²) in [6.45, 7) is 11.1. The average Bonchev–Trinajstić information content (AvgIpc) is 2.80. The summed E-state index contributed by atoms with van der Waals surface area (Å²) < 4.78 is 32.6. The number of carbonyl (C=O) groups excluding carboxylic acids is 1. The lowest BCUT2D eigenvalue weighted by atomic mass is 10.0. The van der Waals surface area contributed by atoms with Gasteiger partial charge in [-0.05, 0) is 58.2 Å². The third kappa shape index (κ3) is 4.09. The molecular formula is C18H23F2NO2. The summed E-state index contributed by atoms with van der Waals surface area (Å²) in [5, 5.41) is 0. The molecule has 0 saturated carbocycles. The minimum absolute atomic E-state index is 0.193. The summed E-state index contributed by atoms with van der Waals surface area (Å²) in [6, 6.07) is 2.75. The SMILES string of the molecule is C=C(C)[C@H]1CC[C@@H](c2cc(F)cc(F)c2)N1C(=O)OC(C)(C)C. The van der Waals surface area contributed by atoms with E-state index in [-0.39, 0.29) is 6.04 Å². The molecule has 1 aromatic carbocycles. The number of halogens is 2. The number of amides is 1. The predicted octanol–water partition coefficient (Wildman–Crippen LogP) is 4.98. The van der Waals surface area contributed by atoms with Crippen molar-refractivity contribution in [3.63, 3.8) is 0 Å². The van der Waals surface area contributed by atoms with Crippen LogP contribution in [0.4, 0.5) is 13.6 Å². The minimum Gasteiger partial charge on any atom is -0.444 e. The van der Waals surface area contributed by atoms with Gasteiger partial charge >= 0.3 is 6.09 Å². The molecule has 126 valence electrons. The number of rotatable bonds is 2. The molecule has 0 aromatic heterocycles. The molecule has 1 fully saturated rings. The van der Waals surface area contributed by atoms with E-state index in [0.717, 1.165) is 11.6 Å². The molecule has 1 aliphatic rings. The van der Waals surface area contributed by atoms with E-state index in [4.69, 9.17) is 4.74 Å². The zero-order valence-electron chi connectivity index (χ0n) is 14.0. The molecule has 1 aliphatic heterocycles. The van der Waals surface area contributed by atoms with Crippen molar-refractivity contribution in [2.75, 3.05) is 0 Å². The molecule has 2 atom stereocenters. The van der Waals surface area contributed by atoms with Crippen LogP contribution in [0.3, 0.4) is 0 Å². The normalized spacial score (nSPS) is 21.4. The Hall–Kier alpha value is -1.91. The van der Waals surface area contributed by atoms with E-state index in [1.54, 1.807) is 25.7 Å². The van der Waals surface area contributed by atoms with Crippen molar-refractivity contribution >= 4 is 6.09 Å². The van der Waals surface area contributed by atoms with Gasteiger partial charge < -0.3 is 4.74 Å². The Kier molecular flexibility index (Phi) is 4.78. The molecule has 0 bridgehead atoms. The predicted molar refractivity (Wildman–Crippen MR) is 85.0 cm³/mol. The van der Waals surface area contributed by atoms with E-state index in [0.29, 0.717) is 18.4 Å². The van der Waals surface area contributed by atoms with Gasteiger partial charge in [0.15, 0.2) is 0 Å². The van der Waals surface area contributed by atoms with Crippen LogP contribution < -0.4 is 0 Å². The topological polar surface area (TPSA) is 29.5 Å². The van der Waals surface area contributed by atoms with Gasteiger partial charge in [-0.15, -0.1) is 0 Å². The number of hydrogen-bond acceptors (Lipinski definition) is 2.